The summed E-state index contributed by atoms with van der Waals surface area (Å²) in [6.45, 7) is 1.78. The highest BCUT2D eigenvalue weighted by Crippen LogP contribution is 2.48. The summed E-state index contributed by atoms with van der Waals surface area (Å²) < 4.78 is 11.2. The summed E-state index contributed by atoms with van der Waals surface area (Å²) in [4.78, 5) is 12.6. The molecule has 3 N–H and O–H groups in total. The van der Waals surface area contributed by atoms with Crippen molar-refractivity contribution in [2.45, 2.75) is 37.3 Å². The number of nitrogens with one attached hydrogen (secondary N) is 1. The van der Waals surface area contributed by atoms with Gasteiger partial charge in [-0.05, 0) is 41.5 Å². The second-order valence-electron chi connectivity index (χ2n) is 8.21. The van der Waals surface area contributed by atoms with E-state index in [9.17, 15) is 4.79 Å². The van der Waals surface area contributed by atoms with Gasteiger partial charge < -0.3 is 20.5 Å². The number of carbonyl (C=O) groups is 1. The molecule has 1 saturated heterocycles. The van der Waals surface area contributed by atoms with Crippen LogP contribution in [0.1, 0.15) is 36.3 Å². The Morgan fingerprint density at radius 3 is 2.17 bits per heavy atom. The van der Waals surface area contributed by atoms with Gasteiger partial charge in [-0.2, -0.15) is 0 Å². The number of fused-ring (bicyclic) bond motifs is 3. The average molecular weight is 451 g/mol. The normalized spacial score (nSPS) is 23.2. The van der Waals surface area contributed by atoms with Crippen LogP contribution in [0.2, 0.25) is 0 Å². The van der Waals surface area contributed by atoms with E-state index in [1.807, 2.05) is 12.1 Å². The van der Waals surface area contributed by atoms with Gasteiger partial charge >= 0.3 is 6.09 Å². The van der Waals surface area contributed by atoms with Gasteiger partial charge in [-0.3, -0.25) is 0 Å². The van der Waals surface area contributed by atoms with Crippen molar-refractivity contribution in [3.05, 3.63) is 59.7 Å². The number of rotatable bonds is 3. The number of alkyl carbamates (subject to hydrolysis) is 1. The van der Waals surface area contributed by atoms with Crippen LogP contribution < -0.4 is 11.1 Å². The van der Waals surface area contributed by atoms with Crippen LogP contribution in [0.25, 0.3) is 11.1 Å². The van der Waals surface area contributed by atoms with Crippen LogP contribution in [0.3, 0.4) is 0 Å². The molecule has 0 unspecified atom stereocenters. The van der Waals surface area contributed by atoms with Crippen LogP contribution in [0.4, 0.5) is 4.79 Å². The molecule has 2 aromatic carbocycles. The van der Waals surface area contributed by atoms with Gasteiger partial charge in [0.2, 0.25) is 0 Å². The predicted octanol–water partition coefficient (Wildman–Crippen LogP) is 4.27. The highest BCUT2D eigenvalue weighted by Gasteiger charge is 2.54. The first-order valence-electron chi connectivity index (χ1n) is 10.1. The molecule has 7 heteroatoms. The molecule has 1 spiro atoms. The lowest BCUT2D eigenvalue weighted by Gasteiger charge is -2.56. The lowest BCUT2D eigenvalue weighted by atomic mass is 9.57. The Bertz CT molecular complexity index is 856. The van der Waals surface area contributed by atoms with Crippen molar-refractivity contribution in [3.8, 4) is 11.1 Å². The number of nitrogens with two attached hydrogens (primary N) is 1. The molecule has 1 amide bonds. The van der Waals surface area contributed by atoms with E-state index in [1.54, 1.807) is 0 Å². The van der Waals surface area contributed by atoms with Crippen LogP contribution in [0.15, 0.2) is 48.5 Å². The highest BCUT2D eigenvalue weighted by molar-refractivity contribution is 5.85. The minimum Gasteiger partial charge on any atom is -0.449 e. The van der Waals surface area contributed by atoms with Gasteiger partial charge in [0.05, 0.1) is 0 Å². The zero-order valence-corrected chi connectivity index (χ0v) is 18.3. The maximum absolute atomic E-state index is 12.6. The number of hydrogen-bond acceptors (Lipinski definition) is 4. The zero-order valence-electron chi connectivity index (χ0n) is 16.7. The number of carbonyl (C=O) groups excluding carboxylic acids is 1. The molecular formula is C23H28Cl2N2O3. The summed E-state index contributed by atoms with van der Waals surface area (Å²) >= 11 is 0. The number of amides is 1. The van der Waals surface area contributed by atoms with E-state index in [4.69, 9.17) is 15.2 Å². The van der Waals surface area contributed by atoms with E-state index >= 15 is 0 Å². The van der Waals surface area contributed by atoms with Gasteiger partial charge in [0.25, 0.3) is 0 Å². The van der Waals surface area contributed by atoms with Crippen molar-refractivity contribution in [1.82, 2.24) is 5.32 Å². The zero-order chi connectivity index (χ0) is 19.1. The monoisotopic (exact) mass is 450 g/mol. The minimum absolute atomic E-state index is 0. The van der Waals surface area contributed by atoms with Crippen molar-refractivity contribution in [2.75, 3.05) is 19.8 Å². The topological polar surface area (TPSA) is 73.6 Å². The van der Waals surface area contributed by atoms with Crippen molar-refractivity contribution in [1.29, 1.82) is 0 Å². The van der Waals surface area contributed by atoms with E-state index in [1.165, 1.54) is 22.3 Å². The predicted molar refractivity (Wildman–Crippen MR) is 122 cm³/mol. The van der Waals surface area contributed by atoms with Gasteiger partial charge in [0, 0.05) is 36.6 Å². The van der Waals surface area contributed by atoms with Gasteiger partial charge in [-0.1, -0.05) is 48.5 Å². The number of ether oxygens (including phenoxy) is 2. The molecule has 2 atom stereocenters. The molecule has 30 heavy (non-hydrogen) atoms. The Balaban J connectivity index is 0.00000128. The summed E-state index contributed by atoms with van der Waals surface area (Å²) in [5.41, 5.74) is 11.2. The average Bonchev–Trinajstić information content (AvgIpc) is 3.06. The Morgan fingerprint density at radius 2 is 1.60 bits per heavy atom. The van der Waals surface area contributed by atoms with E-state index in [-0.39, 0.29) is 54.3 Å². The molecule has 5 nitrogen and oxygen atoms in total. The molecule has 0 bridgehead atoms. The van der Waals surface area contributed by atoms with E-state index in [2.05, 4.69) is 41.7 Å². The molecule has 2 aromatic rings. The second-order valence-corrected chi connectivity index (χ2v) is 8.21. The summed E-state index contributed by atoms with van der Waals surface area (Å²) in [6, 6.07) is 16.9. The SMILES string of the molecule is Cl.Cl.N[C@@H]1C[C@H](NC(=O)OCC2c3ccccc3-c3ccccc32)C12CCOCC2. The third-order valence-corrected chi connectivity index (χ3v) is 6.98. The molecule has 1 aliphatic heterocycles. The summed E-state index contributed by atoms with van der Waals surface area (Å²) in [5, 5.41) is 3.08. The fraction of sp³-hybridized carbons (Fsp3) is 0.435. The molecule has 2 fully saturated rings. The molecule has 162 valence electrons. The molecule has 3 aliphatic rings. The van der Waals surface area contributed by atoms with E-state index in [0.717, 1.165) is 32.5 Å². The fourth-order valence-electron chi connectivity index (χ4n) is 5.28. The molecule has 1 saturated carbocycles. The van der Waals surface area contributed by atoms with E-state index < -0.39 is 0 Å². The van der Waals surface area contributed by atoms with Crippen molar-refractivity contribution in [2.24, 2.45) is 11.1 Å². The third-order valence-electron chi connectivity index (χ3n) is 6.98. The molecule has 2 aliphatic carbocycles. The summed E-state index contributed by atoms with van der Waals surface area (Å²) in [5.74, 6) is 0.0823. The Kier molecular flexibility index (Phi) is 6.98. The molecule has 0 aromatic heterocycles. The van der Waals surface area contributed by atoms with Gasteiger partial charge in [0.1, 0.15) is 6.61 Å². The van der Waals surface area contributed by atoms with Gasteiger partial charge in [0.15, 0.2) is 0 Å². The van der Waals surface area contributed by atoms with Gasteiger partial charge in [-0.15, -0.1) is 24.8 Å². The number of hydrogen-bond donors (Lipinski definition) is 2. The first kappa shape index (κ1) is 22.9. The third kappa shape index (κ3) is 3.69. The van der Waals surface area contributed by atoms with Crippen molar-refractivity contribution < 1.29 is 14.3 Å². The lowest BCUT2D eigenvalue weighted by molar-refractivity contribution is -0.0694. The summed E-state index contributed by atoms with van der Waals surface area (Å²) in [7, 11) is 0. The Hall–Kier alpha value is -1.79. The maximum Gasteiger partial charge on any atom is 0.407 e. The Labute approximate surface area is 189 Å². The second kappa shape index (κ2) is 9.15. The highest BCUT2D eigenvalue weighted by atomic mass is 35.5. The minimum atomic E-state index is -0.343. The molecular weight excluding hydrogens is 423 g/mol. The van der Waals surface area contributed by atoms with E-state index in [0.29, 0.717) is 6.61 Å². The molecule has 1 heterocycles. The number of halogens is 2. The van der Waals surface area contributed by atoms with Crippen LogP contribution in [0, 0.1) is 5.41 Å². The van der Waals surface area contributed by atoms with Crippen LogP contribution in [-0.2, 0) is 9.47 Å². The number of benzene rings is 2. The van der Waals surface area contributed by atoms with Crippen molar-refractivity contribution >= 4 is 30.9 Å². The van der Waals surface area contributed by atoms with Crippen LogP contribution in [-0.4, -0.2) is 38.0 Å². The first-order valence-corrected chi connectivity index (χ1v) is 10.1. The van der Waals surface area contributed by atoms with Crippen molar-refractivity contribution in [3.63, 3.8) is 0 Å². The standard InChI is InChI=1S/C23H26N2O3.2ClH/c24-20-13-21(23(20)9-11-27-12-10-23)25-22(26)28-14-19-17-7-3-1-5-15(17)16-6-2-4-8-18(16)19;;/h1-8,19-21H,9-14,24H2,(H,25,26);2*1H/t20-,21+;;/m1../s1. The lowest BCUT2D eigenvalue weighted by Crippen LogP contribution is -2.68. The maximum atomic E-state index is 12.6. The summed E-state index contributed by atoms with van der Waals surface area (Å²) in [6.07, 6.45) is 2.28. The molecule has 0 radical (unpaired) electrons. The van der Waals surface area contributed by atoms with Gasteiger partial charge in [-0.25, -0.2) is 4.79 Å². The Morgan fingerprint density at radius 1 is 1.03 bits per heavy atom. The smallest absolute Gasteiger partial charge is 0.407 e. The largest absolute Gasteiger partial charge is 0.449 e. The fourth-order valence-corrected chi connectivity index (χ4v) is 5.28. The van der Waals surface area contributed by atoms with Crippen LogP contribution >= 0.6 is 24.8 Å². The van der Waals surface area contributed by atoms with Crippen LogP contribution in [0.5, 0.6) is 0 Å². The first-order chi connectivity index (χ1) is 13.7. The quantitative estimate of drug-likeness (QED) is 0.731. The molecule has 5 rings (SSSR count).